The van der Waals surface area contributed by atoms with Gasteiger partial charge < -0.3 is 5.32 Å². The van der Waals surface area contributed by atoms with E-state index in [-0.39, 0.29) is 24.3 Å². The van der Waals surface area contributed by atoms with Crippen molar-refractivity contribution in [1.29, 1.82) is 0 Å². The fraction of sp³-hybridized carbons (Fsp3) is 0.227. The summed E-state index contributed by atoms with van der Waals surface area (Å²) in [6.07, 6.45) is 1.97. The van der Waals surface area contributed by atoms with Crippen molar-refractivity contribution < 1.29 is 9.59 Å². The number of carbonyl (C=O) groups is 2. The number of aryl methyl sites for hydroxylation is 1. The molecule has 1 heterocycles. The summed E-state index contributed by atoms with van der Waals surface area (Å²) >= 11 is 7.13. The number of thiazole rings is 1. The summed E-state index contributed by atoms with van der Waals surface area (Å²) in [6.45, 7) is 2.00. The number of rotatable bonds is 8. The van der Waals surface area contributed by atoms with Crippen LogP contribution in [0.5, 0.6) is 0 Å². The molecule has 0 aliphatic rings. The Balaban J connectivity index is 1.45. The maximum Gasteiger partial charge on any atom is 0.257 e. The molecule has 0 radical (unpaired) electrons. The molecular formula is C22H22ClN3O2S. The molecule has 3 rings (SSSR count). The van der Waals surface area contributed by atoms with Gasteiger partial charge in [-0.25, -0.2) is 4.98 Å². The highest BCUT2D eigenvalue weighted by molar-refractivity contribution is 7.14. The van der Waals surface area contributed by atoms with Crippen LogP contribution in [0, 0.1) is 0 Å². The van der Waals surface area contributed by atoms with Gasteiger partial charge in [0.1, 0.15) is 0 Å². The van der Waals surface area contributed by atoms with Gasteiger partial charge in [0, 0.05) is 22.0 Å². The van der Waals surface area contributed by atoms with Crippen molar-refractivity contribution in [2.75, 3.05) is 5.32 Å². The number of nitrogens with zero attached hydrogens (tertiary/aromatic N) is 1. The van der Waals surface area contributed by atoms with Gasteiger partial charge in [0.15, 0.2) is 5.13 Å². The molecule has 0 spiro atoms. The van der Waals surface area contributed by atoms with Crippen molar-refractivity contribution in [3.63, 3.8) is 0 Å². The zero-order valence-corrected chi connectivity index (χ0v) is 17.6. The van der Waals surface area contributed by atoms with E-state index in [1.54, 1.807) is 29.6 Å². The number of amides is 2. The Morgan fingerprint density at radius 1 is 1.10 bits per heavy atom. The lowest BCUT2D eigenvalue weighted by Crippen LogP contribution is -2.34. The first-order valence-corrected chi connectivity index (χ1v) is 10.6. The Bertz CT molecular complexity index is 958. The number of halogens is 1. The van der Waals surface area contributed by atoms with Crippen molar-refractivity contribution in [3.8, 4) is 0 Å². The zero-order valence-electron chi connectivity index (χ0n) is 16.0. The molecule has 2 aromatic carbocycles. The maximum absolute atomic E-state index is 12.3. The van der Waals surface area contributed by atoms with Crippen molar-refractivity contribution in [1.82, 2.24) is 10.3 Å². The van der Waals surface area contributed by atoms with E-state index < -0.39 is 0 Å². The highest BCUT2D eigenvalue weighted by Gasteiger charge is 2.13. The summed E-state index contributed by atoms with van der Waals surface area (Å²) < 4.78 is 0. The molecule has 1 aromatic heterocycles. The molecule has 2 N–H and O–H groups in total. The first-order valence-electron chi connectivity index (χ1n) is 9.34. The Labute approximate surface area is 179 Å². The number of carbonyl (C=O) groups excluding carboxylic acids is 2. The molecule has 0 fully saturated rings. The highest BCUT2D eigenvalue weighted by atomic mass is 35.5. The Morgan fingerprint density at radius 3 is 2.55 bits per heavy atom. The summed E-state index contributed by atoms with van der Waals surface area (Å²) in [7, 11) is 0. The number of anilines is 1. The van der Waals surface area contributed by atoms with Gasteiger partial charge >= 0.3 is 0 Å². The van der Waals surface area contributed by atoms with Crippen LogP contribution in [-0.2, 0) is 17.6 Å². The molecular weight excluding hydrogens is 406 g/mol. The van der Waals surface area contributed by atoms with E-state index in [1.807, 2.05) is 25.1 Å². The number of benzene rings is 2. The molecule has 5 nitrogen and oxygen atoms in total. The third-order valence-electron chi connectivity index (χ3n) is 4.34. The predicted octanol–water partition coefficient (Wildman–Crippen LogP) is 4.73. The van der Waals surface area contributed by atoms with Crippen LogP contribution >= 0.6 is 22.9 Å². The number of nitrogens with one attached hydrogen (secondary N) is 2. The molecule has 0 saturated heterocycles. The van der Waals surface area contributed by atoms with E-state index in [4.69, 9.17) is 11.6 Å². The summed E-state index contributed by atoms with van der Waals surface area (Å²) in [4.78, 5) is 28.8. The van der Waals surface area contributed by atoms with Crippen LogP contribution in [-0.4, -0.2) is 22.8 Å². The van der Waals surface area contributed by atoms with Crippen LogP contribution < -0.4 is 10.6 Å². The number of hydrogen-bond donors (Lipinski definition) is 2. The molecule has 7 heteroatoms. The van der Waals surface area contributed by atoms with Gasteiger partial charge in [-0.2, -0.15) is 0 Å². The molecule has 2 amide bonds. The molecule has 0 saturated carbocycles. The number of hydrogen-bond acceptors (Lipinski definition) is 4. The second-order valence-electron chi connectivity index (χ2n) is 6.77. The third kappa shape index (κ3) is 6.69. The molecule has 0 aliphatic carbocycles. The minimum Gasteiger partial charge on any atom is -0.353 e. The van der Waals surface area contributed by atoms with Crippen molar-refractivity contribution in [2.24, 2.45) is 0 Å². The van der Waals surface area contributed by atoms with Gasteiger partial charge in [-0.15, -0.1) is 11.3 Å². The Hall–Kier alpha value is -2.70. The van der Waals surface area contributed by atoms with Crippen LogP contribution in [0.2, 0.25) is 5.02 Å². The first-order chi connectivity index (χ1) is 14.0. The lowest BCUT2D eigenvalue weighted by atomic mass is 10.1. The molecule has 0 aliphatic heterocycles. The van der Waals surface area contributed by atoms with Crippen LogP contribution in [0.3, 0.4) is 0 Å². The average molecular weight is 428 g/mol. The van der Waals surface area contributed by atoms with Crippen molar-refractivity contribution >= 4 is 39.9 Å². The first kappa shape index (κ1) is 21.0. The predicted molar refractivity (Wildman–Crippen MR) is 118 cm³/mol. The van der Waals surface area contributed by atoms with Gasteiger partial charge in [-0.1, -0.05) is 41.9 Å². The van der Waals surface area contributed by atoms with E-state index in [0.717, 1.165) is 12.8 Å². The van der Waals surface area contributed by atoms with Crippen LogP contribution in [0.1, 0.15) is 35.0 Å². The second kappa shape index (κ2) is 10.2. The summed E-state index contributed by atoms with van der Waals surface area (Å²) in [5.41, 5.74) is 2.39. The molecule has 1 unspecified atom stereocenters. The minimum atomic E-state index is -0.262. The molecule has 0 bridgehead atoms. The van der Waals surface area contributed by atoms with E-state index >= 15 is 0 Å². The van der Waals surface area contributed by atoms with E-state index in [9.17, 15) is 9.59 Å². The average Bonchev–Trinajstić information content (AvgIpc) is 3.14. The van der Waals surface area contributed by atoms with Crippen molar-refractivity contribution in [2.45, 2.75) is 32.2 Å². The van der Waals surface area contributed by atoms with Gasteiger partial charge in [-0.05, 0) is 49.6 Å². The monoisotopic (exact) mass is 427 g/mol. The third-order valence-corrected chi connectivity index (χ3v) is 5.40. The molecule has 150 valence electrons. The van der Waals surface area contributed by atoms with E-state index in [2.05, 4.69) is 27.8 Å². The zero-order chi connectivity index (χ0) is 20.6. The quantitative estimate of drug-likeness (QED) is 0.546. The van der Waals surface area contributed by atoms with Gasteiger partial charge in [0.25, 0.3) is 5.91 Å². The normalized spacial score (nSPS) is 11.7. The maximum atomic E-state index is 12.3. The standard InChI is InChI=1S/C22H22ClN3O2S/c1-15(7-8-16-5-3-2-4-6-16)24-20(27)13-19-14-29-22(25-19)26-21(28)17-9-11-18(23)12-10-17/h2-6,9-12,14-15H,7-8,13H2,1H3,(H,24,27)(H,25,26,28). The van der Waals surface area contributed by atoms with E-state index in [0.29, 0.717) is 21.4 Å². The van der Waals surface area contributed by atoms with Crippen LogP contribution in [0.4, 0.5) is 5.13 Å². The Morgan fingerprint density at radius 2 is 1.83 bits per heavy atom. The topological polar surface area (TPSA) is 71.1 Å². The van der Waals surface area contributed by atoms with Gasteiger partial charge in [-0.3, -0.25) is 14.9 Å². The minimum absolute atomic E-state index is 0.0745. The van der Waals surface area contributed by atoms with Crippen molar-refractivity contribution in [3.05, 3.63) is 81.8 Å². The summed E-state index contributed by atoms with van der Waals surface area (Å²) in [5.74, 6) is -0.340. The molecule has 29 heavy (non-hydrogen) atoms. The fourth-order valence-electron chi connectivity index (χ4n) is 2.81. The summed E-state index contributed by atoms with van der Waals surface area (Å²) in [6, 6.07) is 16.9. The van der Waals surface area contributed by atoms with Gasteiger partial charge in [0.05, 0.1) is 12.1 Å². The van der Waals surface area contributed by atoms with Crippen LogP contribution in [0.25, 0.3) is 0 Å². The fourth-order valence-corrected chi connectivity index (χ4v) is 3.64. The lowest BCUT2D eigenvalue weighted by Gasteiger charge is -2.13. The second-order valence-corrected chi connectivity index (χ2v) is 8.07. The SMILES string of the molecule is CC(CCc1ccccc1)NC(=O)Cc1csc(NC(=O)c2ccc(Cl)cc2)n1. The smallest absolute Gasteiger partial charge is 0.257 e. The van der Waals surface area contributed by atoms with Crippen LogP contribution in [0.15, 0.2) is 60.0 Å². The highest BCUT2D eigenvalue weighted by Crippen LogP contribution is 2.18. The van der Waals surface area contributed by atoms with Gasteiger partial charge in [0.2, 0.25) is 5.91 Å². The van der Waals surface area contributed by atoms with E-state index in [1.165, 1.54) is 16.9 Å². The molecule has 3 aromatic rings. The Kier molecular flexibility index (Phi) is 7.38. The lowest BCUT2D eigenvalue weighted by molar-refractivity contribution is -0.121. The number of aromatic nitrogens is 1. The summed E-state index contributed by atoms with van der Waals surface area (Å²) in [5, 5.41) is 8.57. The molecule has 1 atom stereocenters. The largest absolute Gasteiger partial charge is 0.353 e.